The van der Waals surface area contributed by atoms with Gasteiger partial charge in [-0.2, -0.15) is 11.8 Å². The summed E-state index contributed by atoms with van der Waals surface area (Å²) in [5.74, 6) is 1.14. The molecular formula is C11H20ClNOS. The average Bonchev–Trinajstić information content (AvgIpc) is 2.25. The smallest absolute Gasteiger partial charge is 0.223 e. The van der Waals surface area contributed by atoms with Crippen molar-refractivity contribution in [2.45, 2.75) is 43.5 Å². The van der Waals surface area contributed by atoms with Gasteiger partial charge in [-0.15, -0.1) is 11.6 Å². The molecule has 0 bridgehead atoms. The Morgan fingerprint density at radius 2 is 2.13 bits per heavy atom. The van der Waals surface area contributed by atoms with E-state index in [4.69, 9.17) is 11.6 Å². The van der Waals surface area contributed by atoms with Gasteiger partial charge in [-0.25, -0.2) is 0 Å². The summed E-state index contributed by atoms with van der Waals surface area (Å²) in [6.45, 7) is 0. The fourth-order valence-electron chi connectivity index (χ4n) is 2.05. The van der Waals surface area contributed by atoms with E-state index in [1.807, 2.05) is 18.2 Å². The molecule has 1 saturated carbocycles. The van der Waals surface area contributed by atoms with Crippen LogP contribution in [0.3, 0.4) is 0 Å². The van der Waals surface area contributed by atoms with Gasteiger partial charge in [-0.3, -0.25) is 4.79 Å². The van der Waals surface area contributed by atoms with Crippen molar-refractivity contribution in [3.05, 3.63) is 0 Å². The Balaban J connectivity index is 2.42. The maximum atomic E-state index is 11.8. The van der Waals surface area contributed by atoms with Crippen LogP contribution in [-0.2, 0) is 4.79 Å². The highest BCUT2D eigenvalue weighted by molar-refractivity contribution is 7.98. The molecule has 2 unspecified atom stereocenters. The molecule has 4 heteroatoms. The van der Waals surface area contributed by atoms with Crippen LogP contribution in [-0.4, -0.2) is 41.3 Å². The minimum absolute atomic E-state index is 0.155. The van der Waals surface area contributed by atoms with Crippen molar-refractivity contribution in [1.29, 1.82) is 0 Å². The number of carbonyl (C=O) groups is 1. The molecule has 0 saturated heterocycles. The molecule has 88 valence electrons. The lowest BCUT2D eigenvalue weighted by molar-refractivity contribution is -0.132. The van der Waals surface area contributed by atoms with E-state index in [-0.39, 0.29) is 17.3 Å². The Labute approximate surface area is 102 Å². The van der Waals surface area contributed by atoms with Gasteiger partial charge in [-0.05, 0) is 19.1 Å². The fourth-order valence-corrected chi connectivity index (χ4v) is 2.88. The normalized spacial score (nSPS) is 26.3. The summed E-state index contributed by atoms with van der Waals surface area (Å²) in [5, 5.41) is 0.155. The first-order valence-electron chi connectivity index (χ1n) is 5.55. The minimum atomic E-state index is 0.155. The Morgan fingerprint density at radius 3 is 2.73 bits per heavy atom. The van der Waals surface area contributed by atoms with E-state index < -0.39 is 0 Å². The summed E-state index contributed by atoms with van der Waals surface area (Å²) in [4.78, 5) is 13.7. The predicted molar refractivity (Wildman–Crippen MR) is 67.7 cm³/mol. The lowest BCUT2D eigenvalue weighted by Crippen LogP contribution is -2.44. The number of amides is 1. The van der Waals surface area contributed by atoms with E-state index >= 15 is 0 Å². The Kier molecular flexibility index (Phi) is 5.83. The first-order valence-corrected chi connectivity index (χ1v) is 7.38. The number of halogens is 1. The number of nitrogens with zero attached hydrogens (tertiary/aromatic N) is 1. The second-order valence-electron chi connectivity index (χ2n) is 4.12. The van der Waals surface area contributed by atoms with Gasteiger partial charge in [0.1, 0.15) is 0 Å². The first-order chi connectivity index (χ1) is 7.16. The van der Waals surface area contributed by atoms with Crippen LogP contribution in [0.1, 0.15) is 32.1 Å². The highest BCUT2D eigenvalue weighted by atomic mass is 35.5. The molecule has 0 aliphatic heterocycles. The number of alkyl halides is 1. The number of hydrogen-bond donors (Lipinski definition) is 0. The first kappa shape index (κ1) is 13.2. The van der Waals surface area contributed by atoms with Crippen molar-refractivity contribution in [3.63, 3.8) is 0 Å². The number of thioether (sulfide) groups is 1. The molecule has 2 atom stereocenters. The van der Waals surface area contributed by atoms with Crippen molar-refractivity contribution in [3.8, 4) is 0 Å². The summed E-state index contributed by atoms with van der Waals surface area (Å²) in [6.07, 6.45) is 7.18. The lowest BCUT2D eigenvalue weighted by Gasteiger charge is -2.35. The van der Waals surface area contributed by atoms with Crippen LogP contribution in [0.25, 0.3) is 0 Å². The van der Waals surface area contributed by atoms with Crippen LogP contribution >= 0.6 is 23.4 Å². The van der Waals surface area contributed by atoms with Gasteiger partial charge in [0.25, 0.3) is 0 Å². The van der Waals surface area contributed by atoms with Crippen molar-refractivity contribution >= 4 is 29.3 Å². The van der Waals surface area contributed by atoms with Crippen LogP contribution in [0.2, 0.25) is 0 Å². The molecule has 0 aromatic heterocycles. The Hall–Kier alpha value is 0.110. The molecule has 1 rings (SSSR count). The topological polar surface area (TPSA) is 20.3 Å². The van der Waals surface area contributed by atoms with E-state index in [2.05, 4.69) is 0 Å². The number of hydrogen-bond acceptors (Lipinski definition) is 2. The maximum Gasteiger partial charge on any atom is 0.223 e. The Bertz CT molecular complexity index is 213. The van der Waals surface area contributed by atoms with Gasteiger partial charge in [0.2, 0.25) is 5.91 Å². The second-order valence-corrected chi connectivity index (χ2v) is 5.66. The van der Waals surface area contributed by atoms with Crippen LogP contribution in [0, 0.1) is 0 Å². The van der Waals surface area contributed by atoms with Crippen LogP contribution < -0.4 is 0 Å². The van der Waals surface area contributed by atoms with E-state index in [9.17, 15) is 4.79 Å². The molecule has 0 N–H and O–H groups in total. The number of carbonyl (C=O) groups excluding carboxylic acids is 1. The highest BCUT2D eigenvalue weighted by Crippen LogP contribution is 2.26. The van der Waals surface area contributed by atoms with Crippen molar-refractivity contribution in [2.24, 2.45) is 0 Å². The third-order valence-corrected chi connectivity index (χ3v) is 4.18. The summed E-state index contributed by atoms with van der Waals surface area (Å²) in [5.41, 5.74) is 0. The van der Waals surface area contributed by atoms with Crippen molar-refractivity contribution < 1.29 is 4.79 Å². The SMILES string of the molecule is CSCCC(=O)N(C)C1CCCCC1Cl. The number of rotatable bonds is 4. The van der Waals surface area contributed by atoms with Crippen molar-refractivity contribution in [1.82, 2.24) is 4.90 Å². The van der Waals surface area contributed by atoms with E-state index in [1.54, 1.807) is 11.8 Å². The Morgan fingerprint density at radius 1 is 1.47 bits per heavy atom. The van der Waals surface area contributed by atoms with E-state index in [1.165, 1.54) is 12.8 Å². The quantitative estimate of drug-likeness (QED) is 0.715. The average molecular weight is 250 g/mol. The van der Waals surface area contributed by atoms with E-state index in [0.717, 1.165) is 18.6 Å². The molecule has 2 nitrogen and oxygen atoms in total. The fraction of sp³-hybridized carbons (Fsp3) is 0.909. The highest BCUT2D eigenvalue weighted by Gasteiger charge is 2.28. The largest absolute Gasteiger partial charge is 0.341 e. The summed E-state index contributed by atoms with van der Waals surface area (Å²) in [6, 6.07) is 0.259. The molecule has 0 heterocycles. The molecular weight excluding hydrogens is 230 g/mol. The third kappa shape index (κ3) is 3.87. The van der Waals surface area contributed by atoms with Crippen LogP contribution in [0.4, 0.5) is 0 Å². The second kappa shape index (κ2) is 6.64. The molecule has 0 aromatic rings. The summed E-state index contributed by atoms with van der Waals surface area (Å²) in [7, 11) is 1.90. The lowest BCUT2D eigenvalue weighted by atomic mass is 9.94. The molecule has 1 amide bonds. The molecule has 1 aliphatic carbocycles. The van der Waals surface area contributed by atoms with Gasteiger partial charge >= 0.3 is 0 Å². The molecule has 0 aromatic carbocycles. The van der Waals surface area contributed by atoms with Crippen molar-refractivity contribution in [2.75, 3.05) is 19.1 Å². The monoisotopic (exact) mass is 249 g/mol. The van der Waals surface area contributed by atoms with Gasteiger partial charge in [0.15, 0.2) is 0 Å². The molecule has 0 radical (unpaired) electrons. The van der Waals surface area contributed by atoms with Gasteiger partial charge in [0, 0.05) is 25.3 Å². The minimum Gasteiger partial charge on any atom is -0.341 e. The zero-order valence-electron chi connectivity index (χ0n) is 9.54. The molecule has 1 fully saturated rings. The van der Waals surface area contributed by atoms with Gasteiger partial charge in [-0.1, -0.05) is 12.8 Å². The van der Waals surface area contributed by atoms with Crippen LogP contribution in [0.15, 0.2) is 0 Å². The van der Waals surface area contributed by atoms with Crippen LogP contribution in [0.5, 0.6) is 0 Å². The zero-order valence-corrected chi connectivity index (χ0v) is 11.1. The predicted octanol–water partition coefficient (Wildman–Crippen LogP) is 2.75. The standard InChI is InChI=1S/C11H20ClNOS/c1-13(11(14)7-8-15-2)10-6-4-3-5-9(10)12/h9-10H,3-8H2,1-2H3. The molecule has 0 spiro atoms. The maximum absolute atomic E-state index is 11.8. The third-order valence-electron chi connectivity index (χ3n) is 3.06. The summed E-state index contributed by atoms with van der Waals surface area (Å²) < 4.78 is 0. The van der Waals surface area contributed by atoms with Gasteiger partial charge in [0.05, 0.1) is 5.38 Å². The van der Waals surface area contributed by atoms with Gasteiger partial charge < -0.3 is 4.90 Å². The zero-order chi connectivity index (χ0) is 11.3. The molecule has 15 heavy (non-hydrogen) atoms. The molecule has 1 aliphatic rings. The summed E-state index contributed by atoms with van der Waals surface area (Å²) >= 11 is 7.97. The van der Waals surface area contributed by atoms with E-state index in [0.29, 0.717) is 6.42 Å².